The van der Waals surface area contributed by atoms with E-state index >= 15 is 0 Å². The van der Waals surface area contributed by atoms with Gasteiger partial charge in [0.2, 0.25) is 0 Å². The number of halogens is 2. The summed E-state index contributed by atoms with van der Waals surface area (Å²) < 4.78 is 5.90. The van der Waals surface area contributed by atoms with Crippen LogP contribution in [0.15, 0.2) is 28.7 Å². The molecule has 0 saturated carbocycles. The van der Waals surface area contributed by atoms with Crippen molar-refractivity contribution in [2.24, 2.45) is 0 Å². The smallest absolute Gasteiger partial charge is 0.404 e. The van der Waals surface area contributed by atoms with Crippen LogP contribution in [0.5, 0.6) is 0 Å². The number of ether oxygens (including phenoxy) is 1. The van der Waals surface area contributed by atoms with E-state index in [9.17, 15) is 4.79 Å². The maximum absolute atomic E-state index is 10.6. The molecule has 0 spiro atoms. The molecule has 0 saturated heterocycles. The largest absolute Gasteiger partial charge is 0.446 e. The molecule has 1 atom stereocenters. The third-order valence-corrected chi connectivity index (χ3v) is 2.41. The molecular formula is C10H10BrClO2. The third-order valence-electron chi connectivity index (χ3n) is 1.83. The Hall–Kier alpha value is -0.540. The first-order valence-corrected chi connectivity index (χ1v) is 5.42. The highest BCUT2D eigenvalue weighted by molar-refractivity contribution is 9.10. The second-order valence-corrected chi connectivity index (χ2v) is 4.03. The molecule has 1 unspecified atom stereocenters. The quantitative estimate of drug-likeness (QED) is 0.771. The number of benzene rings is 1. The highest BCUT2D eigenvalue weighted by Gasteiger charge is 2.13. The second-order valence-electron chi connectivity index (χ2n) is 2.81. The zero-order valence-electron chi connectivity index (χ0n) is 7.67. The Balaban J connectivity index is 2.83. The van der Waals surface area contributed by atoms with Gasteiger partial charge in [-0.3, -0.25) is 0 Å². The molecule has 0 radical (unpaired) electrons. The first kappa shape index (κ1) is 11.5. The van der Waals surface area contributed by atoms with E-state index in [1.165, 1.54) is 0 Å². The Morgan fingerprint density at radius 3 is 2.86 bits per heavy atom. The summed E-state index contributed by atoms with van der Waals surface area (Å²) in [6.07, 6.45) is 0.437. The van der Waals surface area contributed by atoms with E-state index in [4.69, 9.17) is 16.3 Å². The van der Waals surface area contributed by atoms with Crippen LogP contribution in [0.3, 0.4) is 0 Å². The van der Waals surface area contributed by atoms with Crippen molar-refractivity contribution in [2.45, 2.75) is 19.4 Å². The molecule has 0 aliphatic carbocycles. The van der Waals surface area contributed by atoms with Gasteiger partial charge in [-0.1, -0.05) is 35.0 Å². The highest BCUT2D eigenvalue weighted by Crippen LogP contribution is 2.24. The second kappa shape index (κ2) is 5.37. The molecule has 0 bridgehead atoms. The standard InChI is InChI=1S/C10H10BrClO2/c1-2-9(14-10(12)13)7-4-3-5-8(11)6-7/h3-6,9H,2H2,1H3. The minimum Gasteiger partial charge on any atom is -0.446 e. The van der Waals surface area contributed by atoms with Crippen molar-refractivity contribution in [3.63, 3.8) is 0 Å². The van der Waals surface area contributed by atoms with Gasteiger partial charge in [0.25, 0.3) is 0 Å². The Morgan fingerprint density at radius 2 is 2.36 bits per heavy atom. The molecule has 0 amide bonds. The fraction of sp³-hybridized carbons (Fsp3) is 0.300. The molecule has 2 nitrogen and oxygen atoms in total. The first-order chi connectivity index (χ1) is 6.63. The summed E-state index contributed by atoms with van der Waals surface area (Å²) in [6.45, 7) is 1.94. The van der Waals surface area contributed by atoms with Crippen LogP contribution in [0.1, 0.15) is 25.0 Å². The highest BCUT2D eigenvalue weighted by atomic mass is 79.9. The lowest BCUT2D eigenvalue weighted by Crippen LogP contribution is -2.04. The Morgan fingerprint density at radius 1 is 1.64 bits per heavy atom. The Labute approximate surface area is 96.3 Å². The molecule has 0 aliphatic heterocycles. The average Bonchev–Trinajstić information content (AvgIpc) is 2.14. The predicted molar refractivity (Wildman–Crippen MR) is 59.5 cm³/mol. The molecule has 0 aliphatic rings. The van der Waals surface area contributed by atoms with E-state index < -0.39 is 5.43 Å². The molecule has 1 aromatic carbocycles. The maximum Gasteiger partial charge on any atom is 0.404 e. The number of carbonyl (C=O) groups excluding carboxylic acids is 1. The minimum absolute atomic E-state index is 0.266. The van der Waals surface area contributed by atoms with Crippen LogP contribution in [0.4, 0.5) is 4.79 Å². The molecule has 0 aromatic heterocycles. The summed E-state index contributed by atoms with van der Waals surface area (Å²) in [5.41, 5.74) is 0.174. The van der Waals surface area contributed by atoms with Crippen LogP contribution in [0.2, 0.25) is 0 Å². The molecule has 76 valence electrons. The van der Waals surface area contributed by atoms with E-state index in [2.05, 4.69) is 15.9 Å². The molecule has 0 N–H and O–H groups in total. The van der Waals surface area contributed by atoms with Gasteiger partial charge < -0.3 is 4.74 Å². The van der Waals surface area contributed by atoms with Gasteiger partial charge in [-0.2, -0.15) is 0 Å². The van der Waals surface area contributed by atoms with Crippen LogP contribution >= 0.6 is 27.5 Å². The van der Waals surface area contributed by atoms with Crippen molar-refractivity contribution in [2.75, 3.05) is 0 Å². The van der Waals surface area contributed by atoms with Crippen LogP contribution in [0.25, 0.3) is 0 Å². The normalized spacial score (nSPS) is 12.2. The fourth-order valence-electron chi connectivity index (χ4n) is 1.21. The molecule has 14 heavy (non-hydrogen) atoms. The summed E-state index contributed by atoms with van der Waals surface area (Å²) >= 11 is 8.52. The minimum atomic E-state index is -0.767. The summed E-state index contributed by atoms with van der Waals surface area (Å²) in [5.74, 6) is 0. The lowest BCUT2D eigenvalue weighted by molar-refractivity contribution is 0.119. The van der Waals surface area contributed by atoms with Crippen LogP contribution in [0, 0.1) is 0 Å². The third kappa shape index (κ3) is 3.31. The number of hydrogen-bond donors (Lipinski definition) is 0. The molecule has 0 heterocycles. The lowest BCUT2D eigenvalue weighted by atomic mass is 10.1. The monoisotopic (exact) mass is 276 g/mol. The van der Waals surface area contributed by atoms with Gasteiger partial charge in [-0.05, 0) is 24.1 Å². The van der Waals surface area contributed by atoms with E-state index in [0.29, 0.717) is 6.42 Å². The molecule has 1 aromatic rings. The predicted octanol–water partition coefficient (Wildman–Crippen LogP) is 4.28. The summed E-state index contributed by atoms with van der Waals surface area (Å²) in [6, 6.07) is 7.62. The van der Waals surface area contributed by atoms with Gasteiger partial charge in [0, 0.05) is 16.1 Å². The van der Waals surface area contributed by atoms with Crippen molar-refractivity contribution in [3.05, 3.63) is 34.3 Å². The van der Waals surface area contributed by atoms with Crippen LogP contribution in [-0.2, 0) is 4.74 Å². The van der Waals surface area contributed by atoms with Gasteiger partial charge in [0.05, 0.1) is 0 Å². The average molecular weight is 278 g/mol. The van der Waals surface area contributed by atoms with Crippen LogP contribution < -0.4 is 0 Å². The summed E-state index contributed by atoms with van der Waals surface area (Å²) in [4.78, 5) is 10.6. The first-order valence-electron chi connectivity index (χ1n) is 4.25. The number of rotatable bonds is 3. The summed E-state index contributed by atoms with van der Waals surface area (Å²) in [7, 11) is 0. The van der Waals surface area contributed by atoms with E-state index in [1.54, 1.807) is 0 Å². The number of hydrogen-bond acceptors (Lipinski definition) is 2. The van der Waals surface area contributed by atoms with E-state index in [-0.39, 0.29) is 6.10 Å². The molecule has 4 heteroatoms. The van der Waals surface area contributed by atoms with Gasteiger partial charge in [0.15, 0.2) is 0 Å². The zero-order valence-corrected chi connectivity index (χ0v) is 10.0. The topological polar surface area (TPSA) is 26.3 Å². The van der Waals surface area contributed by atoms with Gasteiger partial charge in [0.1, 0.15) is 6.10 Å². The van der Waals surface area contributed by atoms with Crippen LogP contribution in [-0.4, -0.2) is 5.43 Å². The fourth-order valence-corrected chi connectivity index (χ4v) is 1.73. The Kier molecular flexibility index (Phi) is 4.42. The Bertz CT molecular complexity index is 328. The van der Waals surface area contributed by atoms with Gasteiger partial charge >= 0.3 is 5.43 Å². The molecule has 1 rings (SSSR count). The summed E-state index contributed by atoms with van der Waals surface area (Å²) in [5, 5.41) is 0. The SMILES string of the molecule is CCC(OC(=O)Cl)c1cccc(Br)c1. The van der Waals surface area contributed by atoms with Crippen molar-refractivity contribution < 1.29 is 9.53 Å². The van der Waals surface area contributed by atoms with Crippen molar-refractivity contribution in [3.8, 4) is 0 Å². The maximum atomic E-state index is 10.6. The van der Waals surface area contributed by atoms with E-state index in [1.807, 2.05) is 31.2 Å². The van der Waals surface area contributed by atoms with Crippen molar-refractivity contribution in [1.29, 1.82) is 0 Å². The molecule has 0 fully saturated rings. The van der Waals surface area contributed by atoms with Crippen molar-refractivity contribution >= 4 is 33.0 Å². The van der Waals surface area contributed by atoms with Crippen molar-refractivity contribution in [1.82, 2.24) is 0 Å². The molecular weight excluding hydrogens is 267 g/mol. The van der Waals surface area contributed by atoms with Gasteiger partial charge in [-0.15, -0.1) is 0 Å². The number of carbonyl (C=O) groups is 1. The lowest BCUT2D eigenvalue weighted by Gasteiger charge is -2.14. The van der Waals surface area contributed by atoms with Gasteiger partial charge in [-0.25, -0.2) is 4.79 Å². The van der Waals surface area contributed by atoms with E-state index in [0.717, 1.165) is 10.0 Å². The zero-order chi connectivity index (χ0) is 10.6.